The number of aromatic nitrogens is 3. The van der Waals surface area contributed by atoms with Crippen molar-refractivity contribution < 1.29 is 4.74 Å². The zero-order valence-corrected chi connectivity index (χ0v) is 11.1. The molecule has 1 aromatic heterocycles. The molecule has 0 unspecified atom stereocenters. The number of ether oxygens (including phenoxy) is 1. The highest BCUT2D eigenvalue weighted by Crippen LogP contribution is 1.98. The Balaban J connectivity index is 1.90. The molecule has 98 valence electrons. The lowest BCUT2D eigenvalue weighted by Gasteiger charge is -2.07. The molecule has 1 N–H and O–H groups in total. The van der Waals surface area contributed by atoms with Crippen molar-refractivity contribution in [2.75, 3.05) is 26.3 Å². The van der Waals surface area contributed by atoms with Crippen LogP contribution >= 0.6 is 0 Å². The second-order valence-corrected chi connectivity index (χ2v) is 4.65. The van der Waals surface area contributed by atoms with Crippen LogP contribution in [0.15, 0.2) is 6.33 Å². The van der Waals surface area contributed by atoms with Gasteiger partial charge in [-0.2, -0.15) is 0 Å². The molecule has 1 rings (SSSR count). The maximum Gasteiger partial charge on any atom is 0.133 e. The maximum absolute atomic E-state index is 5.51. The fourth-order valence-electron chi connectivity index (χ4n) is 1.42. The van der Waals surface area contributed by atoms with E-state index in [0.717, 1.165) is 50.9 Å². The molecule has 0 spiro atoms. The van der Waals surface area contributed by atoms with Gasteiger partial charge in [0.05, 0.1) is 6.61 Å². The topological polar surface area (TPSA) is 52.0 Å². The molecule has 0 aliphatic carbocycles. The van der Waals surface area contributed by atoms with Crippen LogP contribution in [-0.4, -0.2) is 41.1 Å². The molecule has 0 aromatic carbocycles. The quantitative estimate of drug-likeness (QED) is 0.655. The van der Waals surface area contributed by atoms with Crippen molar-refractivity contribution in [2.45, 2.75) is 26.7 Å². The molecule has 0 radical (unpaired) electrons. The van der Waals surface area contributed by atoms with Gasteiger partial charge >= 0.3 is 0 Å². The maximum atomic E-state index is 5.51. The molecule has 0 saturated heterocycles. The summed E-state index contributed by atoms with van der Waals surface area (Å²) in [6.07, 6.45) is 3.77. The monoisotopic (exact) mass is 240 g/mol. The summed E-state index contributed by atoms with van der Waals surface area (Å²) in [5.74, 6) is 1.73. The van der Waals surface area contributed by atoms with E-state index in [1.807, 2.05) is 11.6 Å². The Hall–Kier alpha value is -0.940. The van der Waals surface area contributed by atoms with Crippen LogP contribution in [0, 0.1) is 5.92 Å². The van der Waals surface area contributed by atoms with Gasteiger partial charge in [0.25, 0.3) is 0 Å². The largest absolute Gasteiger partial charge is 0.380 e. The molecule has 5 nitrogen and oxygen atoms in total. The lowest BCUT2D eigenvalue weighted by Crippen LogP contribution is -2.23. The Morgan fingerprint density at radius 1 is 1.35 bits per heavy atom. The van der Waals surface area contributed by atoms with E-state index in [1.54, 1.807) is 6.33 Å². The third-order valence-electron chi connectivity index (χ3n) is 2.59. The van der Waals surface area contributed by atoms with Gasteiger partial charge in [-0.15, -0.1) is 10.2 Å². The highest BCUT2D eigenvalue weighted by molar-refractivity contribution is 4.84. The Morgan fingerprint density at radius 2 is 2.18 bits per heavy atom. The van der Waals surface area contributed by atoms with Crippen molar-refractivity contribution in [3.05, 3.63) is 12.2 Å². The van der Waals surface area contributed by atoms with Crippen molar-refractivity contribution in [2.24, 2.45) is 13.0 Å². The number of nitrogens with one attached hydrogen (secondary N) is 1. The van der Waals surface area contributed by atoms with Gasteiger partial charge in [0.2, 0.25) is 0 Å². The Kier molecular flexibility index (Phi) is 6.81. The fourth-order valence-corrected chi connectivity index (χ4v) is 1.42. The molecule has 0 saturated carbocycles. The predicted molar refractivity (Wildman–Crippen MR) is 67.9 cm³/mol. The number of hydrogen-bond donors (Lipinski definition) is 1. The van der Waals surface area contributed by atoms with E-state index in [0.29, 0.717) is 0 Å². The summed E-state index contributed by atoms with van der Waals surface area (Å²) in [4.78, 5) is 0. The summed E-state index contributed by atoms with van der Waals surface area (Å²) < 4.78 is 7.46. The summed E-state index contributed by atoms with van der Waals surface area (Å²) in [5, 5.41) is 11.2. The van der Waals surface area contributed by atoms with Gasteiger partial charge in [0.1, 0.15) is 12.2 Å². The van der Waals surface area contributed by atoms with E-state index in [4.69, 9.17) is 4.74 Å². The van der Waals surface area contributed by atoms with E-state index < -0.39 is 0 Å². The van der Waals surface area contributed by atoms with Gasteiger partial charge in [-0.05, 0) is 12.3 Å². The van der Waals surface area contributed by atoms with E-state index in [-0.39, 0.29) is 0 Å². The first-order valence-corrected chi connectivity index (χ1v) is 6.31. The molecule has 1 aromatic rings. The van der Waals surface area contributed by atoms with Crippen LogP contribution in [0.2, 0.25) is 0 Å². The molecule has 1 heterocycles. The van der Waals surface area contributed by atoms with E-state index >= 15 is 0 Å². The van der Waals surface area contributed by atoms with Gasteiger partial charge < -0.3 is 14.6 Å². The second kappa shape index (κ2) is 8.20. The van der Waals surface area contributed by atoms with E-state index in [2.05, 4.69) is 29.4 Å². The normalized spacial score (nSPS) is 11.3. The first-order chi connectivity index (χ1) is 8.20. The van der Waals surface area contributed by atoms with Gasteiger partial charge in [-0.3, -0.25) is 0 Å². The summed E-state index contributed by atoms with van der Waals surface area (Å²) >= 11 is 0. The van der Waals surface area contributed by atoms with Crippen molar-refractivity contribution in [1.82, 2.24) is 20.1 Å². The van der Waals surface area contributed by atoms with Crippen LogP contribution in [0.25, 0.3) is 0 Å². The third kappa shape index (κ3) is 6.38. The summed E-state index contributed by atoms with van der Waals surface area (Å²) in [6.45, 7) is 7.88. The lowest BCUT2D eigenvalue weighted by atomic mass is 10.1. The summed E-state index contributed by atoms with van der Waals surface area (Å²) in [7, 11) is 1.96. The van der Waals surface area contributed by atoms with Crippen molar-refractivity contribution in [3.8, 4) is 0 Å². The third-order valence-corrected chi connectivity index (χ3v) is 2.59. The number of hydrogen-bond acceptors (Lipinski definition) is 4. The van der Waals surface area contributed by atoms with Crippen LogP contribution in [0.5, 0.6) is 0 Å². The standard InChI is InChI=1S/C12H24N4O/c1-11(2)5-8-17-9-7-13-6-4-12-15-14-10-16(12)3/h10-11,13H,4-9H2,1-3H3. The summed E-state index contributed by atoms with van der Waals surface area (Å²) in [5.41, 5.74) is 0. The molecule has 0 aliphatic heterocycles. The SMILES string of the molecule is CC(C)CCOCCNCCc1nncn1C. The molecule has 17 heavy (non-hydrogen) atoms. The minimum absolute atomic E-state index is 0.721. The van der Waals surface area contributed by atoms with E-state index in [1.165, 1.54) is 0 Å². The van der Waals surface area contributed by atoms with Crippen molar-refractivity contribution in [1.29, 1.82) is 0 Å². The van der Waals surface area contributed by atoms with Crippen LogP contribution in [0.1, 0.15) is 26.1 Å². The number of nitrogens with zero attached hydrogens (tertiary/aromatic N) is 3. The highest BCUT2D eigenvalue weighted by Gasteiger charge is 1.99. The number of rotatable bonds is 9. The molecular formula is C12H24N4O. The molecule has 0 amide bonds. The Labute approximate surface area is 104 Å². The second-order valence-electron chi connectivity index (χ2n) is 4.65. The van der Waals surface area contributed by atoms with Crippen LogP contribution in [0.3, 0.4) is 0 Å². The lowest BCUT2D eigenvalue weighted by molar-refractivity contribution is 0.125. The van der Waals surface area contributed by atoms with Gasteiger partial charge in [0, 0.05) is 33.2 Å². The smallest absolute Gasteiger partial charge is 0.133 e. The summed E-state index contributed by atoms with van der Waals surface area (Å²) in [6, 6.07) is 0. The van der Waals surface area contributed by atoms with E-state index in [9.17, 15) is 0 Å². The van der Waals surface area contributed by atoms with Crippen LogP contribution in [-0.2, 0) is 18.2 Å². The first-order valence-electron chi connectivity index (χ1n) is 6.31. The van der Waals surface area contributed by atoms with Gasteiger partial charge in [-0.25, -0.2) is 0 Å². The fraction of sp³-hybridized carbons (Fsp3) is 0.833. The molecule has 5 heteroatoms. The van der Waals surface area contributed by atoms with Crippen molar-refractivity contribution >= 4 is 0 Å². The molecule has 0 atom stereocenters. The zero-order valence-electron chi connectivity index (χ0n) is 11.1. The average Bonchev–Trinajstić information content (AvgIpc) is 2.68. The highest BCUT2D eigenvalue weighted by atomic mass is 16.5. The predicted octanol–water partition coefficient (Wildman–Crippen LogP) is 1.01. The minimum atomic E-state index is 0.721. The Bertz CT molecular complexity index is 298. The van der Waals surface area contributed by atoms with Crippen LogP contribution in [0.4, 0.5) is 0 Å². The van der Waals surface area contributed by atoms with Crippen LogP contribution < -0.4 is 5.32 Å². The average molecular weight is 240 g/mol. The number of aryl methyl sites for hydroxylation is 1. The van der Waals surface area contributed by atoms with Crippen molar-refractivity contribution in [3.63, 3.8) is 0 Å². The first kappa shape index (κ1) is 14.1. The molecule has 0 aliphatic rings. The van der Waals surface area contributed by atoms with Gasteiger partial charge in [0.15, 0.2) is 0 Å². The minimum Gasteiger partial charge on any atom is -0.380 e. The molecular weight excluding hydrogens is 216 g/mol. The van der Waals surface area contributed by atoms with Gasteiger partial charge in [-0.1, -0.05) is 13.8 Å². The Morgan fingerprint density at radius 3 is 2.82 bits per heavy atom. The molecule has 0 bridgehead atoms. The zero-order chi connectivity index (χ0) is 12.5. The molecule has 0 fully saturated rings.